The average Bonchev–Trinajstić information content (AvgIpc) is 2.34. The van der Waals surface area contributed by atoms with Gasteiger partial charge in [-0.2, -0.15) is 0 Å². The van der Waals surface area contributed by atoms with E-state index in [-0.39, 0.29) is 5.78 Å². The maximum Gasteiger partial charge on any atom is 0.130 e. The highest BCUT2D eigenvalue weighted by molar-refractivity contribution is 5.75. The van der Waals surface area contributed by atoms with E-state index < -0.39 is 0 Å². The topological polar surface area (TPSA) is 26.3 Å². The minimum Gasteiger partial charge on any atom is -0.496 e. The SMILES string of the molecule is CCc1ccc(OC)c(/C=C/CCC(C)=O)c1. The lowest BCUT2D eigenvalue weighted by Gasteiger charge is -2.06. The summed E-state index contributed by atoms with van der Waals surface area (Å²) in [5.41, 5.74) is 2.37. The molecule has 0 fully saturated rings. The Morgan fingerprint density at radius 1 is 1.41 bits per heavy atom. The largest absolute Gasteiger partial charge is 0.496 e. The van der Waals surface area contributed by atoms with Crippen LogP contribution in [-0.4, -0.2) is 12.9 Å². The highest BCUT2D eigenvalue weighted by Gasteiger charge is 2.00. The number of carbonyl (C=O) groups is 1. The third kappa shape index (κ3) is 4.43. The number of aryl methyl sites for hydroxylation is 1. The second-order valence-electron chi connectivity index (χ2n) is 4.07. The van der Waals surface area contributed by atoms with Crippen LogP contribution in [0.25, 0.3) is 6.08 Å². The van der Waals surface area contributed by atoms with E-state index in [1.165, 1.54) is 5.56 Å². The predicted molar refractivity (Wildman–Crippen MR) is 71.3 cm³/mol. The van der Waals surface area contributed by atoms with E-state index in [9.17, 15) is 4.79 Å². The lowest BCUT2D eigenvalue weighted by molar-refractivity contribution is -0.116. The van der Waals surface area contributed by atoms with E-state index in [1.807, 2.05) is 18.2 Å². The van der Waals surface area contributed by atoms with Crippen molar-refractivity contribution in [3.63, 3.8) is 0 Å². The van der Waals surface area contributed by atoms with Crippen LogP contribution in [0, 0.1) is 0 Å². The number of ketones is 1. The van der Waals surface area contributed by atoms with Crippen molar-refractivity contribution >= 4 is 11.9 Å². The number of hydrogen-bond acceptors (Lipinski definition) is 2. The molecule has 2 nitrogen and oxygen atoms in total. The first-order valence-electron chi connectivity index (χ1n) is 6.00. The van der Waals surface area contributed by atoms with E-state index in [0.717, 1.165) is 24.2 Å². The van der Waals surface area contributed by atoms with E-state index in [4.69, 9.17) is 4.74 Å². The minimum atomic E-state index is 0.226. The number of hydrogen-bond donors (Lipinski definition) is 0. The van der Waals surface area contributed by atoms with Gasteiger partial charge in [0.2, 0.25) is 0 Å². The van der Waals surface area contributed by atoms with Gasteiger partial charge in [0, 0.05) is 12.0 Å². The van der Waals surface area contributed by atoms with Crippen molar-refractivity contribution < 1.29 is 9.53 Å². The summed E-state index contributed by atoms with van der Waals surface area (Å²) in [6.45, 7) is 3.75. The molecule has 0 amide bonds. The summed E-state index contributed by atoms with van der Waals surface area (Å²) < 4.78 is 5.30. The molecule has 2 heteroatoms. The minimum absolute atomic E-state index is 0.226. The van der Waals surface area contributed by atoms with Gasteiger partial charge in [0.05, 0.1) is 7.11 Å². The molecule has 0 radical (unpaired) electrons. The van der Waals surface area contributed by atoms with Gasteiger partial charge >= 0.3 is 0 Å². The van der Waals surface area contributed by atoms with Crippen molar-refractivity contribution in [1.82, 2.24) is 0 Å². The van der Waals surface area contributed by atoms with Gasteiger partial charge in [-0.15, -0.1) is 0 Å². The van der Waals surface area contributed by atoms with Crippen molar-refractivity contribution in [3.8, 4) is 5.75 Å². The molecular formula is C15H20O2. The van der Waals surface area contributed by atoms with Gasteiger partial charge in [-0.1, -0.05) is 25.1 Å². The number of allylic oxidation sites excluding steroid dienone is 1. The van der Waals surface area contributed by atoms with Crippen LogP contribution in [0.3, 0.4) is 0 Å². The number of Topliss-reactive ketones (excluding diaryl/α,β-unsaturated/α-hetero) is 1. The third-order valence-electron chi connectivity index (χ3n) is 2.66. The number of rotatable bonds is 6. The Bertz CT molecular complexity index is 405. The average molecular weight is 232 g/mol. The Labute approximate surface area is 103 Å². The number of methoxy groups -OCH3 is 1. The molecule has 0 N–H and O–H groups in total. The number of carbonyl (C=O) groups excluding carboxylic acids is 1. The highest BCUT2D eigenvalue weighted by atomic mass is 16.5. The lowest BCUT2D eigenvalue weighted by Crippen LogP contribution is -1.90. The first-order valence-corrected chi connectivity index (χ1v) is 6.00. The predicted octanol–water partition coefficient (Wildman–Crippen LogP) is 3.64. The van der Waals surface area contributed by atoms with E-state index in [1.54, 1.807) is 14.0 Å². The van der Waals surface area contributed by atoms with E-state index >= 15 is 0 Å². The molecule has 0 aromatic heterocycles. The Morgan fingerprint density at radius 3 is 2.76 bits per heavy atom. The van der Waals surface area contributed by atoms with Gasteiger partial charge < -0.3 is 9.53 Å². The van der Waals surface area contributed by atoms with Crippen molar-refractivity contribution in [2.24, 2.45) is 0 Å². The van der Waals surface area contributed by atoms with Gasteiger partial charge in [0.25, 0.3) is 0 Å². The van der Waals surface area contributed by atoms with Crippen LogP contribution in [0.1, 0.15) is 37.8 Å². The highest BCUT2D eigenvalue weighted by Crippen LogP contribution is 2.21. The van der Waals surface area contributed by atoms with Gasteiger partial charge in [0.15, 0.2) is 0 Å². The third-order valence-corrected chi connectivity index (χ3v) is 2.66. The monoisotopic (exact) mass is 232 g/mol. The summed E-state index contributed by atoms with van der Waals surface area (Å²) in [6, 6.07) is 6.19. The Kier molecular flexibility index (Phi) is 5.47. The summed E-state index contributed by atoms with van der Waals surface area (Å²) >= 11 is 0. The molecule has 1 aromatic carbocycles. The molecule has 1 aromatic rings. The number of benzene rings is 1. The number of ether oxygens (including phenoxy) is 1. The molecule has 0 heterocycles. The van der Waals surface area contributed by atoms with Crippen LogP contribution in [0.4, 0.5) is 0 Å². The fraction of sp³-hybridized carbons (Fsp3) is 0.400. The summed E-state index contributed by atoms with van der Waals surface area (Å²) in [6.07, 6.45) is 6.46. The second kappa shape index (κ2) is 6.89. The van der Waals surface area contributed by atoms with Gasteiger partial charge in [-0.3, -0.25) is 0 Å². The molecule has 92 valence electrons. The van der Waals surface area contributed by atoms with Crippen LogP contribution >= 0.6 is 0 Å². The Morgan fingerprint density at radius 2 is 2.18 bits per heavy atom. The molecular weight excluding hydrogens is 212 g/mol. The lowest BCUT2D eigenvalue weighted by atomic mass is 10.1. The van der Waals surface area contributed by atoms with Gasteiger partial charge in [0.1, 0.15) is 11.5 Å². The van der Waals surface area contributed by atoms with Gasteiger partial charge in [-0.25, -0.2) is 0 Å². The smallest absolute Gasteiger partial charge is 0.130 e. The van der Waals surface area contributed by atoms with Crippen LogP contribution in [0.5, 0.6) is 5.75 Å². The molecule has 0 saturated heterocycles. The maximum atomic E-state index is 10.8. The first-order chi connectivity index (χ1) is 8.17. The van der Waals surface area contributed by atoms with Gasteiger partial charge in [-0.05, 0) is 37.5 Å². The van der Waals surface area contributed by atoms with Crippen LogP contribution in [-0.2, 0) is 11.2 Å². The van der Waals surface area contributed by atoms with Crippen molar-refractivity contribution in [3.05, 3.63) is 35.4 Å². The van der Waals surface area contributed by atoms with Crippen molar-refractivity contribution in [1.29, 1.82) is 0 Å². The Balaban J connectivity index is 2.76. The Hall–Kier alpha value is -1.57. The molecule has 0 saturated carbocycles. The molecule has 17 heavy (non-hydrogen) atoms. The van der Waals surface area contributed by atoms with E-state index in [2.05, 4.69) is 19.1 Å². The normalized spacial score (nSPS) is 10.8. The van der Waals surface area contributed by atoms with E-state index in [0.29, 0.717) is 6.42 Å². The molecule has 0 unspecified atom stereocenters. The summed E-state index contributed by atoms with van der Waals surface area (Å²) in [5, 5.41) is 0. The second-order valence-corrected chi connectivity index (χ2v) is 4.07. The zero-order valence-corrected chi connectivity index (χ0v) is 10.8. The van der Waals surface area contributed by atoms with Crippen LogP contribution in [0.2, 0.25) is 0 Å². The first kappa shape index (κ1) is 13.5. The quantitative estimate of drug-likeness (QED) is 0.748. The van der Waals surface area contributed by atoms with Crippen LogP contribution < -0.4 is 4.74 Å². The fourth-order valence-corrected chi connectivity index (χ4v) is 1.63. The van der Waals surface area contributed by atoms with Crippen molar-refractivity contribution in [2.75, 3.05) is 7.11 Å². The molecule has 0 aliphatic heterocycles. The summed E-state index contributed by atoms with van der Waals surface area (Å²) in [4.78, 5) is 10.8. The van der Waals surface area contributed by atoms with Crippen molar-refractivity contribution in [2.45, 2.75) is 33.1 Å². The zero-order chi connectivity index (χ0) is 12.7. The fourth-order valence-electron chi connectivity index (χ4n) is 1.63. The maximum absolute atomic E-state index is 10.8. The zero-order valence-electron chi connectivity index (χ0n) is 10.8. The molecule has 0 spiro atoms. The molecule has 1 rings (SSSR count). The molecule has 0 atom stereocenters. The summed E-state index contributed by atoms with van der Waals surface area (Å²) in [5.74, 6) is 1.10. The molecule has 0 aliphatic rings. The standard InChI is InChI=1S/C15H20O2/c1-4-13-9-10-15(17-3)14(11-13)8-6-5-7-12(2)16/h6,8-11H,4-5,7H2,1-3H3/b8-6+. The summed E-state index contributed by atoms with van der Waals surface area (Å²) in [7, 11) is 1.67. The van der Waals surface area contributed by atoms with Crippen LogP contribution in [0.15, 0.2) is 24.3 Å². The molecule has 0 aliphatic carbocycles. The molecule has 0 bridgehead atoms.